The number of rotatable bonds is 11. The lowest BCUT2D eigenvalue weighted by Crippen LogP contribution is -2.24. The van der Waals surface area contributed by atoms with Crippen LogP contribution in [-0.2, 0) is 0 Å². The number of nitrogens with zero attached hydrogens (tertiary/aromatic N) is 1. The molecule has 1 unspecified atom stereocenters. The van der Waals surface area contributed by atoms with Gasteiger partial charge < -0.3 is 4.90 Å². The van der Waals surface area contributed by atoms with Crippen molar-refractivity contribution in [1.29, 1.82) is 0 Å². The number of hydrogen-bond acceptors (Lipinski definition) is 5. The zero-order valence-electron chi connectivity index (χ0n) is 10.9. The average molecular weight is 348 g/mol. The molecule has 0 aliphatic carbocycles. The van der Waals surface area contributed by atoms with Crippen LogP contribution < -0.4 is 0 Å². The van der Waals surface area contributed by atoms with Gasteiger partial charge in [0.25, 0.3) is 0 Å². The molecule has 0 radical (unpaired) electrons. The van der Waals surface area contributed by atoms with Crippen molar-refractivity contribution in [2.24, 2.45) is 0 Å². The Morgan fingerprint density at radius 1 is 0.842 bits per heavy atom. The molecule has 1 atom stereocenters. The molecular formula is C14H37NS4. The molecule has 122 valence electrons. The normalized spacial score (nSPS) is 11.2. The highest BCUT2D eigenvalue weighted by Gasteiger charge is 2.11. The Kier molecular flexibility index (Phi) is 32.5. The summed E-state index contributed by atoms with van der Waals surface area (Å²) in [7, 11) is 12.5. The second kappa shape index (κ2) is 21.7. The monoisotopic (exact) mass is 347 g/mol. The second-order valence-corrected chi connectivity index (χ2v) is 9.32. The summed E-state index contributed by atoms with van der Waals surface area (Å²) in [6.45, 7) is 5.69. The Bertz CT molecular complexity index is 145. The van der Waals surface area contributed by atoms with Gasteiger partial charge in [-0.2, -0.15) is 0 Å². The molecule has 0 aromatic heterocycles. The van der Waals surface area contributed by atoms with Crippen LogP contribution in [0.25, 0.3) is 0 Å². The van der Waals surface area contributed by atoms with E-state index in [0.29, 0.717) is 0 Å². The molecule has 0 aromatic rings. The maximum absolute atomic E-state index is 2.30. The lowest BCUT2D eigenvalue weighted by molar-refractivity contribution is 0.415. The van der Waals surface area contributed by atoms with Crippen molar-refractivity contribution in [1.82, 2.24) is 4.90 Å². The third-order valence-electron chi connectivity index (χ3n) is 1.69. The van der Waals surface area contributed by atoms with Crippen LogP contribution in [-0.4, -0.2) is 48.0 Å². The molecule has 0 heterocycles. The first kappa shape index (κ1) is 28.5. The molecule has 0 rings (SSSR count). The first-order valence-corrected chi connectivity index (χ1v) is 10.7. The molecule has 0 aromatic carbocycles. The third-order valence-corrected chi connectivity index (χ3v) is 7.61. The lowest BCUT2D eigenvalue weighted by atomic mass is 10.4. The lowest BCUT2D eigenvalue weighted by Gasteiger charge is -2.19. The van der Waals surface area contributed by atoms with E-state index in [1.54, 1.807) is 0 Å². The molecule has 0 saturated heterocycles. The van der Waals surface area contributed by atoms with Gasteiger partial charge in [-0.05, 0) is 26.9 Å². The van der Waals surface area contributed by atoms with Crippen molar-refractivity contribution in [3.05, 3.63) is 0 Å². The van der Waals surface area contributed by atoms with Crippen LogP contribution in [0.3, 0.4) is 0 Å². The van der Waals surface area contributed by atoms with Crippen molar-refractivity contribution < 1.29 is 0 Å². The van der Waals surface area contributed by atoms with Crippen LogP contribution in [0, 0.1) is 0 Å². The highest BCUT2D eigenvalue weighted by atomic mass is 33.1. The SMILES string of the molecule is C.C.C.CCCSSCC(CN(C)C)SSCCC. The van der Waals surface area contributed by atoms with Gasteiger partial charge in [0.15, 0.2) is 0 Å². The van der Waals surface area contributed by atoms with E-state index in [0.717, 1.165) is 5.25 Å². The van der Waals surface area contributed by atoms with E-state index in [4.69, 9.17) is 0 Å². The Morgan fingerprint density at radius 2 is 1.37 bits per heavy atom. The van der Waals surface area contributed by atoms with Crippen LogP contribution in [0.15, 0.2) is 0 Å². The van der Waals surface area contributed by atoms with Crippen LogP contribution in [0.4, 0.5) is 0 Å². The molecule has 1 nitrogen and oxygen atoms in total. The molecule has 0 aliphatic heterocycles. The topological polar surface area (TPSA) is 3.24 Å². The quantitative estimate of drug-likeness (QED) is 0.313. The van der Waals surface area contributed by atoms with Gasteiger partial charge in [-0.1, -0.05) is 79.3 Å². The van der Waals surface area contributed by atoms with E-state index < -0.39 is 0 Å². The van der Waals surface area contributed by atoms with Crippen molar-refractivity contribution in [3.63, 3.8) is 0 Å². The predicted octanol–water partition coefficient (Wildman–Crippen LogP) is 6.41. The average Bonchev–Trinajstić information content (AvgIpc) is 2.23. The molecule has 19 heavy (non-hydrogen) atoms. The van der Waals surface area contributed by atoms with E-state index in [9.17, 15) is 0 Å². The highest BCUT2D eigenvalue weighted by molar-refractivity contribution is 8.78. The van der Waals surface area contributed by atoms with Gasteiger partial charge in [-0.3, -0.25) is 0 Å². The fourth-order valence-electron chi connectivity index (χ4n) is 1.01. The van der Waals surface area contributed by atoms with Gasteiger partial charge in [0.2, 0.25) is 0 Å². The molecule has 5 heteroatoms. The minimum Gasteiger partial charge on any atom is -0.308 e. The minimum atomic E-state index is 0. The maximum Gasteiger partial charge on any atom is 0.0377 e. The highest BCUT2D eigenvalue weighted by Crippen LogP contribution is 2.33. The summed E-state index contributed by atoms with van der Waals surface area (Å²) >= 11 is 0. The second-order valence-electron chi connectivity index (χ2n) is 3.91. The summed E-state index contributed by atoms with van der Waals surface area (Å²) in [6, 6.07) is 0. The summed E-state index contributed by atoms with van der Waals surface area (Å²) in [5, 5.41) is 0.765. The predicted molar refractivity (Wildman–Crippen MR) is 108 cm³/mol. The van der Waals surface area contributed by atoms with Crippen molar-refractivity contribution in [2.75, 3.05) is 37.9 Å². The standard InChI is InChI=1S/C11H25NS4.3CH4/c1-5-7-13-15-10-11(9-12(3)4)16-14-8-6-2;;;/h11H,5-10H2,1-4H3;3*1H4. The summed E-state index contributed by atoms with van der Waals surface area (Å²) < 4.78 is 0. The molecular weight excluding hydrogens is 310 g/mol. The van der Waals surface area contributed by atoms with Gasteiger partial charge in [-0.15, -0.1) is 0 Å². The van der Waals surface area contributed by atoms with Crippen LogP contribution in [0.5, 0.6) is 0 Å². The van der Waals surface area contributed by atoms with Crippen LogP contribution in [0.1, 0.15) is 49.0 Å². The van der Waals surface area contributed by atoms with Crippen LogP contribution in [0.2, 0.25) is 0 Å². The molecule has 0 amide bonds. The summed E-state index contributed by atoms with van der Waals surface area (Å²) in [6.07, 6.45) is 2.57. The van der Waals surface area contributed by atoms with Crippen molar-refractivity contribution in [2.45, 2.75) is 54.2 Å². The molecule has 0 fully saturated rings. The number of hydrogen-bond donors (Lipinski definition) is 0. The molecule has 0 spiro atoms. The minimum absolute atomic E-state index is 0. The first-order chi connectivity index (χ1) is 7.70. The Morgan fingerprint density at radius 3 is 1.84 bits per heavy atom. The van der Waals surface area contributed by atoms with E-state index in [-0.39, 0.29) is 22.3 Å². The van der Waals surface area contributed by atoms with E-state index >= 15 is 0 Å². The Balaban J connectivity index is -0.000000375. The maximum atomic E-state index is 2.30. The zero-order valence-corrected chi connectivity index (χ0v) is 14.2. The summed E-state index contributed by atoms with van der Waals surface area (Å²) in [5.74, 6) is 3.83. The van der Waals surface area contributed by atoms with Gasteiger partial charge in [0.1, 0.15) is 0 Å². The molecule has 0 bridgehead atoms. The molecule has 0 N–H and O–H groups in total. The van der Waals surface area contributed by atoms with Crippen molar-refractivity contribution >= 4 is 43.2 Å². The molecule has 0 saturated carbocycles. The largest absolute Gasteiger partial charge is 0.308 e. The Labute approximate surface area is 140 Å². The fourth-order valence-corrected chi connectivity index (χ4v) is 6.83. The van der Waals surface area contributed by atoms with Crippen molar-refractivity contribution in [3.8, 4) is 0 Å². The van der Waals surface area contributed by atoms with Gasteiger partial charge in [-0.25, -0.2) is 0 Å². The van der Waals surface area contributed by atoms with Crippen LogP contribution >= 0.6 is 43.2 Å². The fraction of sp³-hybridized carbons (Fsp3) is 1.00. The van der Waals surface area contributed by atoms with E-state index in [2.05, 4.69) is 43.6 Å². The van der Waals surface area contributed by atoms with Gasteiger partial charge in [0, 0.05) is 29.1 Å². The smallest absolute Gasteiger partial charge is 0.0377 e. The van der Waals surface area contributed by atoms with E-state index in [1.807, 2.05) is 32.4 Å². The summed E-state index contributed by atoms with van der Waals surface area (Å²) in [4.78, 5) is 2.30. The Hall–Kier alpha value is 1.36. The molecule has 0 aliphatic rings. The zero-order chi connectivity index (χ0) is 12.2. The van der Waals surface area contributed by atoms with E-state index in [1.165, 1.54) is 36.6 Å². The summed E-state index contributed by atoms with van der Waals surface area (Å²) in [5.41, 5.74) is 0. The first-order valence-electron chi connectivity index (χ1n) is 5.88. The van der Waals surface area contributed by atoms with Gasteiger partial charge >= 0.3 is 0 Å². The van der Waals surface area contributed by atoms with Gasteiger partial charge in [0.05, 0.1) is 0 Å². The third kappa shape index (κ3) is 21.8.